The predicted molar refractivity (Wildman–Crippen MR) is 51.4 cm³/mol. The molecule has 1 rings (SSSR count). The van der Waals surface area contributed by atoms with Crippen LogP contribution in [-0.4, -0.2) is 11.0 Å². The molecule has 0 N–H and O–H groups in total. The van der Waals surface area contributed by atoms with Gasteiger partial charge in [0, 0.05) is 5.92 Å². The van der Waals surface area contributed by atoms with Crippen molar-refractivity contribution in [2.75, 3.05) is 0 Å². The van der Waals surface area contributed by atoms with Gasteiger partial charge in [-0.2, -0.15) is 0 Å². The maximum absolute atomic E-state index is 10.9. The van der Waals surface area contributed by atoms with Gasteiger partial charge in [0.05, 0.1) is 0 Å². The highest BCUT2D eigenvalue weighted by molar-refractivity contribution is 6.64. The van der Waals surface area contributed by atoms with E-state index in [1.165, 1.54) is 13.0 Å². The van der Waals surface area contributed by atoms with Gasteiger partial charge in [-0.25, -0.2) is 0 Å². The second kappa shape index (κ2) is 3.26. The standard InChI is InChI=1S/C10H13ClO2/c1-6(12)4-5-7-8(9(11)13)10(7,2)3/h4-5,7-8H,1-3H3/b5-4+/t7-,8+/m1/s1. The highest BCUT2D eigenvalue weighted by atomic mass is 35.5. The molecule has 0 aromatic carbocycles. The van der Waals surface area contributed by atoms with E-state index in [1.807, 2.05) is 13.8 Å². The average molecular weight is 201 g/mol. The van der Waals surface area contributed by atoms with E-state index in [0.717, 1.165) is 0 Å². The van der Waals surface area contributed by atoms with Crippen molar-refractivity contribution < 1.29 is 9.59 Å². The molecule has 1 saturated carbocycles. The lowest BCUT2D eigenvalue weighted by Crippen LogP contribution is -1.96. The summed E-state index contributed by atoms with van der Waals surface area (Å²) in [7, 11) is 0. The highest BCUT2D eigenvalue weighted by Crippen LogP contribution is 2.59. The monoisotopic (exact) mass is 200 g/mol. The molecule has 13 heavy (non-hydrogen) atoms. The Morgan fingerprint density at radius 3 is 2.23 bits per heavy atom. The van der Waals surface area contributed by atoms with Crippen LogP contribution in [0.3, 0.4) is 0 Å². The molecule has 0 bridgehead atoms. The molecule has 0 saturated heterocycles. The molecule has 3 heteroatoms. The Hall–Kier alpha value is -0.630. The van der Waals surface area contributed by atoms with E-state index in [9.17, 15) is 9.59 Å². The summed E-state index contributed by atoms with van der Waals surface area (Å²) in [5.74, 6) is 0.00892. The van der Waals surface area contributed by atoms with Crippen molar-refractivity contribution in [1.82, 2.24) is 0 Å². The van der Waals surface area contributed by atoms with Crippen molar-refractivity contribution in [1.29, 1.82) is 0 Å². The zero-order valence-corrected chi connectivity index (χ0v) is 8.76. The molecule has 0 heterocycles. The fourth-order valence-electron chi connectivity index (χ4n) is 1.71. The number of halogens is 1. The summed E-state index contributed by atoms with van der Waals surface area (Å²) in [6.07, 6.45) is 3.29. The van der Waals surface area contributed by atoms with Gasteiger partial charge in [-0.3, -0.25) is 9.59 Å². The molecule has 2 atom stereocenters. The second-order valence-corrected chi connectivity index (χ2v) is 4.47. The Kier molecular flexibility index (Phi) is 2.62. The van der Waals surface area contributed by atoms with Gasteiger partial charge in [-0.15, -0.1) is 0 Å². The van der Waals surface area contributed by atoms with Gasteiger partial charge in [0.1, 0.15) is 0 Å². The fraction of sp³-hybridized carbons (Fsp3) is 0.600. The summed E-state index contributed by atoms with van der Waals surface area (Å²) in [5, 5.41) is -0.303. The Balaban J connectivity index is 2.66. The van der Waals surface area contributed by atoms with Crippen LogP contribution in [0, 0.1) is 17.3 Å². The maximum atomic E-state index is 10.9. The predicted octanol–water partition coefficient (Wildman–Crippen LogP) is 2.17. The third-order valence-electron chi connectivity index (χ3n) is 2.69. The zero-order chi connectivity index (χ0) is 10.2. The SMILES string of the molecule is CC(=O)/C=C/[C@@H]1[C@@H](C(=O)Cl)C1(C)C. The van der Waals surface area contributed by atoms with Crippen LogP contribution in [0.15, 0.2) is 12.2 Å². The summed E-state index contributed by atoms with van der Waals surface area (Å²) in [6.45, 7) is 5.45. The first-order chi connectivity index (χ1) is 5.87. The van der Waals surface area contributed by atoms with Crippen molar-refractivity contribution in [3.63, 3.8) is 0 Å². The Morgan fingerprint density at radius 2 is 1.92 bits per heavy atom. The van der Waals surface area contributed by atoms with E-state index in [-0.39, 0.29) is 28.3 Å². The molecule has 0 unspecified atom stereocenters. The quantitative estimate of drug-likeness (QED) is 0.517. The topological polar surface area (TPSA) is 34.1 Å². The minimum Gasteiger partial charge on any atom is -0.295 e. The average Bonchev–Trinajstić information content (AvgIpc) is 2.48. The van der Waals surface area contributed by atoms with Gasteiger partial charge in [-0.1, -0.05) is 19.9 Å². The van der Waals surface area contributed by atoms with Crippen molar-refractivity contribution in [2.24, 2.45) is 17.3 Å². The first-order valence-corrected chi connectivity index (χ1v) is 4.63. The van der Waals surface area contributed by atoms with Crippen molar-refractivity contribution in [3.05, 3.63) is 12.2 Å². The third-order valence-corrected chi connectivity index (χ3v) is 2.93. The van der Waals surface area contributed by atoms with Crippen molar-refractivity contribution in [3.8, 4) is 0 Å². The van der Waals surface area contributed by atoms with Crippen LogP contribution in [0.1, 0.15) is 20.8 Å². The van der Waals surface area contributed by atoms with Crippen molar-refractivity contribution in [2.45, 2.75) is 20.8 Å². The fourth-order valence-corrected chi connectivity index (χ4v) is 2.13. The van der Waals surface area contributed by atoms with Crippen LogP contribution in [0.5, 0.6) is 0 Å². The number of ketones is 1. The number of rotatable bonds is 3. The van der Waals surface area contributed by atoms with E-state index in [2.05, 4.69) is 0 Å². The molecule has 1 aliphatic carbocycles. The van der Waals surface area contributed by atoms with Crippen molar-refractivity contribution >= 4 is 22.6 Å². The molecular formula is C10H13ClO2. The summed E-state index contributed by atoms with van der Waals surface area (Å²) < 4.78 is 0. The highest BCUT2D eigenvalue weighted by Gasteiger charge is 2.59. The minimum absolute atomic E-state index is 0.00321. The van der Waals surface area contributed by atoms with E-state index in [1.54, 1.807) is 6.08 Å². The summed E-state index contributed by atoms with van der Waals surface area (Å²) in [5.41, 5.74) is -0.0786. The molecule has 0 aliphatic heterocycles. The molecule has 1 fully saturated rings. The molecular weight excluding hydrogens is 188 g/mol. The van der Waals surface area contributed by atoms with Crippen LogP contribution < -0.4 is 0 Å². The van der Waals surface area contributed by atoms with Gasteiger partial charge >= 0.3 is 0 Å². The molecule has 0 amide bonds. The number of hydrogen-bond donors (Lipinski definition) is 0. The van der Waals surface area contributed by atoms with Crippen LogP contribution in [0.25, 0.3) is 0 Å². The number of hydrogen-bond acceptors (Lipinski definition) is 2. The number of carbonyl (C=O) groups excluding carboxylic acids is 2. The lowest BCUT2D eigenvalue weighted by atomic mass is 10.1. The van der Waals surface area contributed by atoms with Gasteiger partial charge < -0.3 is 0 Å². The number of carbonyl (C=O) groups is 2. The molecule has 0 spiro atoms. The molecule has 72 valence electrons. The normalized spacial score (nSPS) is 30.5. The third kappa shape index (κ3) is 1.99. The summed E-state index contributed by atoms with van der Waals surface area (Å²) in [6, 6.07) is 0. The smallest absolute Gasteiger partial charge is 0.225 e. The van der Waals surface area contributed by atoms with Crippen LogP contribution >= 0.6 is 11.6 Å². The summed E-state index contributed by atoms with van der Waals surface area (Å²) in [4.78, 5) is 21.6. The number of allylic oxidation sites excluding steroid dienone is 2. The van der Waals surface area contributed by atoms with Gasteiger partial charge in [0.2, 0.25) is 5.24 Å². The zero-order valence-electron chi connectivity index (χ0n) is 8.00. The van der Waals surface area contributed by atoms with Gasteiger partial charge in [0.25, 0.3) is 0 Å². The Bertz CT molecular complexity index is 279. The van der Waals surface area contributed by atoms with E-state index in [0.29, 0.717) is 0 Å². The molecule has 0 aromatic heterocycles. The Morgan fingerprint density at radius 1 is 1.38 bits per heavy atom. The van der Waals surface area contributed by atoms with Crippen LogP contribution in [0.2, 0.25) is 0 Å². The first kappa shape index (κ1) is 10.5. The largest absolute Gasteiger partial charge is 0.295 e. The molecule has 1 aliphatic rings. The van der Waals surface area contributed by atoms with Gasteiger partial charge in [0.15, 0.2) is 5.78 Å². The minimum atomic E-state index is -0.303. The molecule has 0 aromatic rings. The van der Waals surface area contributed by atoms with E-state index in [4.69, 9.17) is 11.6 Å². The molecule has 0 radical (unpaired) electrons. The van der Waals surface area contributed by atoms with E-state index < -0.39 is 0 Å². The second-order valence-electron chi connectivity index (χ2n) is 4.10. The Labute approximate surface area is 83.0 Å². The first-order valence-electron chi connectivity index (χ1n) is 4.25. The lowest BCUT2D eigenvalue weighted by molar-refractivity contribution is -0.114. The van der Waals surface area contributed by atoms with Crippen LogP contribution in [0.4, 0.5) is 0 Å². The maximum Gasteiger partial charge on any atom is 0.225 e. The lowest BCUT2D eigenvalue weighted by Gasteiger charge is -1.95. The van der Waals surface area contributed by atoms with Gasteiger partial charge in [-0.05, 0) is 35.9 Å². The summed E-state index contributed by atoms with van der Waals surface area (Å²) >= 11 is 5.41. The molecule has 2 nitrogen and oxygen atoms in total. The van der Waals surface area contributed by atoms with Crippen LogP contribution in [-0.2, 0) is 9.59 Å². The van der Waals surface area contributed by atoms with E-state index >= 15 is 0 Å².